The van der Waals surface area contributed by atoms with E-state index in [9.17, 15) is 14.9 Å². The number of nitrogens with one attached hydrogen (secondary N) is 1. The van der Waals surface area contributed by atoms with Gasteiger partial charge in [-0.2, -0.15) is 5.26 Å². The van der Waals surface area contributed by atoms with Crippen molar-refractivity contribution in [1.29, 1.82) is 5.26 Å². The molecule has 0 saturated carbocycles. The van der Waals surface area contributed by atoms with Crippen LogP contribution in [0.1, 0.15) is 17.5 Å². The molecule has 3 rings (SSSR count). The molecule has 2 amide bonds. The van der Waals surface area contributed by atoms with E-state index in [-0.39, 0.29) is 24.2 Å². The van der Waals surface area contributed by atoms with Gasteiger partial charge in [-0.1, -0.05) is 42.5 Å². The molecule has 0 bridgehead atoms. The molecular weight excluding hydrogens is 314 g/mol. The van der Waals surface area contributed by atoms with Crippen LogP contribution in [0.5, 0.6) is 0 Å². The highest BCUT2D eigenvalue weighted by Gasteiger charge is 2.35. The van der Waals surface area contributed by atoms with Crippen LogP contribution in [0.3, 0.4) is 0 Å². The maximum Gasteiger partial charge on any atom is 0.227 e. The third-order valence-electron chi connectivity index (χ3n) is 4.37. The largest absolute Gasteiger partial charge is 0.355 e. The van der Waals surface area contributed by atoms with E-state index >= 15 is 0 Å². The van der Waals surface area contributed by atoms with E-state index in [2.05, 4.69) is 11.4 Å². The second-order valence-electron chi connectivity index (χ2n) is 6.06. The van der Waals surface area contributed by atoms with Gasteiger partial charge in [-0.25, -0.2) is 0 Å². The molecule has 1 aliphatic rings. The predicted molar refractivity (Wildman–Crippen MR) is 94.8 cm³/mol. The lowest BCUT2D eigenvalue weighted by molar-refractivity contribution is -0.126. The van der Waals surface area contributed by atoms with Gasteiger partial charge in [-0.15, -0.1) is 0 Å². The number of benzene rings is 2. The third kappa shape index (κ3) is 3.86. The summed E-state index contributed by atoms with van der Waals surface area (Å²) in [7, 11) is 0. The SMILES string of the molecule is N#Cc1ccccc1N1CC(C(=O)NCCc2ccccc2)CC1=O. The summed E-state index contributed by atoms with van der Waals surface area (Å²) in [5.74, 6) is -0.609. The van der Waals surface area contributed by atoms with E-state index in [0.29, 0.717) is 24.3 Å². The minimum atomic E-state index is -0.380. The van der Waals surface area contributed by atoms with Gasteiger partial charge in [-0.05, 0) is 24.1 Å². The number of para-hydroxylation sites is 1. The average Bonchev–Trinajstić information content (AvgIpc) is 3.04. The van der Waals surface area contributed by atoms with Crippen LogP contribution in [0.4, 0.5) is 5.69 Å². The summed E-state index contributed by atoms with van der Waals surface area (Å²) in [5.41, 5.74) is 2.19. The standard InChI is InChI=1S/C20H19N3O2/c21-13-16-8-4-5-9-18(16)23-14-17(12-19(23)24)20(25)22-11-10-15-6-2-1-3-7-15/h1-9,17H,10-12,14H2,(H,22,25). The first-order valence-corrected chi connectivity index (χ1v) is 8.30. The zero-order valence-electron chi connectivity index (χ0n) is 13.8. The monoisotopic (exact) mass is 333 g/mol. The van der Waals surface area contributed by atoms with Gasteiger partial charge in [0.1, 0.15) is 6.07 Å². The zero-order chi connectivity index (χ0) is 17.6. The summed E-state index contributed by atoms with van der Waals surface area (Å²) in [4.78, 5) is 26.2. The number of amides is 2. The average molecular weight is 333 g/mol. The van der Waals surface area contributed by atoms with Gasteiger partial charge < -0.3 is 10.2 Å². The molecule has 126 valence electrons. The lowest BCUT2D eigenvalue weighted by Gasteiger charge is -2.18. The molecule has 0 aromatic heterocycles. The molecule has 1 aliphatic heterocycles. The fourth-order valence-corrected chi connectivity index (χ4v) is 3.04. The summed E-state index contributed by atoms with van der Waals surface area (Å²) >= 11 is 0. The van der Waals surface area contributed by atoms with Crippen LogP contribution in [0.25, 0.3) is 0 Å². The van der Waals surface area contributed by atoms with Crippen LogP contribution < -0.4 is 10.2 Å². The molecule has 1 fully saturated rings. The van der Waals surface area contributed by atoms with Crippen molar-refractivity contribution in [3.63, 3.8) is 0 Å². The van der Waals surface area contributed by atoms with Crippen molar-refractivity contribution in [1.82, 2.24) is 5.32 Å². The fourth-order valence-electron chi connectivity index (χ4n) is 3.04. The Morgan fingerprint density at radius 3 is 2.64 bits per heavy atom. The Labute approximate surface area is 146 Å². The van der Waals surface area contributed by atoms with E-state index in [1.165, 1.54) is 0 Å². The molecule has 1 atom stereocenters. The molecule has 1 unspecified atom stereocenters. The molecule has 2 aromatic rings. The number of anilines is 1. The first-order chi connectivity index (χ1) is 12.2. The molecule has 5 heteroatoms. The van der Waals surface area contributed by atoms with Crippen molar-refractivity contribution >= 4 is 17.5 Å². The Kier molecular flexibility index (Phi) is 5.10. The van der Waals surface area contributed by atoms with Crippen LogP contribution in [0.15, 0.2) is 54.6 Å². The molecule has 5 nitrogen and oxygen atoms in total. The Bertz CT molecular complexity index is 811. The molecule has 0 spiro atoms. The maximum absolute atomic E-state index is 12.4. The molecule has 1 heterocycles. The van der Waals surface area contributed by atoms with E-state index in [0.717, 1.165) is 12.0 Å². The summed E-state index contributed by atoms with van der Waals surface area (Å²) in [6, 6.07) is 19.0. The predicted octanol–water partition coefficient (Wildman–Crippen LogP) is 2.27. The second kappa shape index (κ2) is 7.63. The lowest BCUT2D eigenvalue weighted by atomic mass is 10.1. The van der Waals surface area contributed by atoms with Crippen LogP contribution in [-0.4, -0.2) is 24.9 Å². The van der Waals surface area contributed by atoms with Crippen LogP contribution >= 0.6 is 0 Å². The normalized spacial score (nSPS) is 16.5. The molecule has 0 radical (unpaired) electrons. The number of nitrogens with zero attached hydrogens (tertiary/aromatic N) is 2. The van der Waals surface area contributed by atoms with E-state index in [1.807, 2.05) is 30.3 Å². The number of hydrogen-bond acceptors (Lipinski definition) is 3. The molecule has 2 aromatic carbocycles. The highest BCUT2D eigenvalue weighted by molar-refractivity contribution is 6.01. The van der Waals surface area contributed by atoms with E-state index < -0.39 is 0 Å². The van der Waals surface area contributed by atoms with Gasteiger partial charge in [0, 0.05) is 19.5 Å². The molecule has 0 aliphatic carbocycles. The summed E-state index contributed by atoms with van der Waals surface area (Å²) in [5, 5.41) is 12.1. The van der Waals surface area contributed by atoms with Crippen molar-refractivity contribution in [2.24, 2.45) is 5.92 Å². The van der Waals surface area contributed by atoms with E-state index in [1.54, 1.807) is 29.2 Å². The first kappa shape index (κ1) is 16.7. The van der Waals surface area contributed by atoms with Crippen molar-refractivity contribution in [2.75, 3.05) is 18.0 Å². The minimum Gasteiger partial charge on any atom is -0.355 e. The topological polar surface area (TPSA) is 73.2 Å². The Balaban J connectivity index is 1.58. The smallest absolute Gasteiger partial charge is 0.227 e. The molecule has 1 saturated heterocycles. The maximum atomic E-state index is 12.4. The Morgan fingerprint density at radius 2 is 1.88 bits per heavy atom. The number of rotatable bonds is 5. The Morgan fingerprint density at radius 1 is 1.16 bits per heavy atom. The fraction of sp³-hybridized carbons (Fsp3) is 0.250. The highest BCUT2D eigenvalue weighted by atomic mass is 16.2. The summed E-state index contributed by atoms with van der Waals surface area (Å²) in [6.07, 6.45) is 0.936. The van der Waals surface area contributed by atoms with Crippen molar-refractivity contribution < 1.29 is 9.59 Å². The van der Waals surface area contributed by atoms with Gasteiger partial charge >= 0.3 is 0 Å². The molecular formula is C20H19N3O2. The minimum absolute atomic E-state index is 0.110. The van der Waals surface area contributed by atoms with Crippen LogP contribution in [0, 0.1) is 17.2 Å². The van der Waals surface area contributed by atoms with Crippen molar-refractivity contribution in [3.8, 4) is 6.07 Å². The number of carbonyl (C=O) groups is 2. The lowest BCUT2D eigenvalue weighted by Crippen LogP contribution is -2.34. The quantitative estimate of drug-likeness (QED) is 0.912. The van der Waals surface area contributed by atoms with Gasteiger partial charge in [0.2, 0.25) is 11.8 Å². The highest BCUT2D eigenvalue weighted by Crippen LogP contribution is 2.27. The van der Waals surface area contributed by atoms with Crippen molar-refractivity contribution in [2.45, 2.75) is 12.8 Å². The first-order valence-electron chi connectivity index (χ1n) is 8.30. The van der Waals surface area contributed by atoms with Crippen LogP contribution in [-0.2, 0) is 16.0 Å². The summed E-state index contributed by atoms with van der Waals surface area (Å²) < 4.78 is 0. The van der Waals surface area contributed by atoms with Gasteiger partial charge in [0.25, 0.3) is 0 Å². The van der Waals surface area contributed by atoms with Crippen LogP contribution in [0.2, 0.25) is 0 Å². The Hall–Kier alpha value is -3.13. The van der Waals surface area contributed by atoms with Crippen molar-refractivity contribution in [3.05, 3.63) is 65.7 Å². The summed E-state index contributed by atoms with van der Waals surface area (Å²) in [6.45, 7) is 0.858. The van der Waals surface area contributed by atoms with Gasteiger partial charge in [-0.3, -0.25) is 9.59 Å². The number of hydrogen-bond donors (Lipinski definition) is 1. The number of carbonyl (C=O) groups excluding carboxylic acids is 2. The molecule has 1 N–H and O–H groups in total. The van der Waals surface area contributed by atoms with Gasteiger partial charge in [0.15, 0.2) is 0 Å². The molecule has 25 heavy (non-hydrogen) atoms. The van der Waals surface area contributed by atoms with Gasteiger partial charge in [0.05, 0.1) is 17.2 Å². The second-order valence-corrected chi connectivity index (χ2v) is 6.06. The van der Waals surface area contributed by atoms with E-state index in [4.69, 9.17) is 0 Å². The number of nitriles is 1. The third-order valence-corrected chi connectivity index (χ3v) is 4.37. The zero-order valence-corrected chi connectivity index (χ0v) is 13.8.